The summed E-state index contributed by atoms with van der Waals surface area (Å²) in [5, 5.41) is 4.28. The number of ether oxygens (including phenoxy) is 2. The number of methoxy groups -OCH3 is 2. The Morgan fingerprint density at radius 3 is 2.30 bits per heavy atom. The van der Waals surface area contributed by atoms with Crippen LogP contribution in [0.1, 0.15) is 23.1 Å². The van der Waals surface area contributed by atoms with E-state index in [2.05, 4.69) is 5.10 Å². The molecule has 0 aromatic carbocycles. The van der Waals surface area contributed by atoms with Gasteiger partial charge in [-0.2, -0.15) is 5.10 Å². The lowest BCUT2D eigenvalue weighted by atomic mass is 10.2. The summed E-state index contributed by atoms with van der Waals surface area (Å²) in [6, 6.07) is 0. The molecule has 20 heavy (non-hydrogen) atoms. The van der Waals surface area contributed by atoms with Gasteiger partial charge in [-0.25, -0.2) is 0 Å². The number of likely N-dealkylation sites (tertiary alicyclic amines) is 1. The van der Waals surface area contributed by atoms with Crippen molar-refractivity contribution in [1.29, 1.82) is 0 Å². The van der Waals surface area contributed by atoms with Gasteiger partial charge < -0.3 is 20.1 Å². The summed E-state index contributed by atoms with van der Waals surface area (Å²) in [4.78, 5) is 14.3. The first-order valence-corrected chi connectivity index (χ1v) is 6.69. The highest BCUT2D eigenvalue weighted by Gasteiger charge is 2.37. The summed E-state index contributed by atoms with van der Waals surface area (Å²) in [6.07, 6.45) is 0.488. The molecule has 1 aliphatic heterocycles. The van der Waals surface area contributed by atoms with E-state index in [-0.39, 0.29) is 18.1 Å². The Kier molecular flexibility index (Phi) is 4.29. The molecule has 7 heteroatoms. The van der Waals surface area contributed by atoms with Crippen molar-refractivity contribution in [3.05, 3.63) is 11.4 Å². The third-order valence-electron chi connectivity index (χ3n) is 3.81. The molecule has 2 atom stereocenters. The van der Waals surface area contributed by atoms with Crippen LogP contribution in [0.4, 0.5) is 5.69 Å². The van der Waals surface area contributed by atoms with Crippen molar-refractivity contribution in [2.24, 2.45) is 7.05 Å². The van der Waals surface area contributed by atoms with Gasteiger partial charge in [-0.1, -0.05) is 6.92 Å². The molecule has 1 aromatic rings. The van der Waals surface area contributed by atoms with Gasteiger partial charge in [0.25, 0.3) is 5.91 Å². The van der Waals surface area contributed by atoms with Crippen molar-refractivity contribution in [2.75, 3.05) is 33.0 Å². The van der Waals surface area contributed by atoms with Gasteiger partial charge in [0.15, 0.2) is 0 Å². The smallest absolute Gasteiger partial charge is 0.274 e. The van der Waals surface area contributed by atoms with Gasteiger partial charge in [0.1, 0.15) is 17.9 Å². The molecule has 0 radical (unpaired) electrons. The average molecular weight is 282 g/mol. The van der Waals surface area contributed by atoms with Crippen LogP contribution in [0.3, 0.4) is 0 Å². The number of nitrogens with zero attached hydrogens (tertiary/aromatic N) is 3. The number of carbonyl (C=O) groups excluding carboxylic acids is 1. The molecular formula is C13H22N4O3. The monoisotopic (exact) mass is 282 g/mol. The van der Waals surface area contributed by atoms with Crippen molar-refractivity contribution >= 4 is 11.6 Å². The molecule has 2 heterocycles. The van der Waals surface area contributed by atoms with E-state index in [1.165, 1.54) is 0 Å². The minimum absolute atomic E-state index is 0.107. The van der Waals surface area contributed by atoms with Crippen molar-refractivity contribution in [3.8, 4) is 0 Å². The molecule has 1 saturated heterocycles. The number of amides is 1. The Balaban J connectivity index is 2.23. The maximum Gasteiger partial charge on any atom is 0.274 e. The zero-order valence-corrected chi connectivity index (χ0v) is 12.4. The molecule has 2 rings (SSSR count). The first-order valence-electron chi connectivity index (χ1n) is 6.69. The second-order valence-electron chi connectivity index (χ2n) is 4.94. The van der Waals surface area contributed by atoms with Crippen molar-refractivity contribution < 1.29 is 14.3 Å². The molecule has 2 N–H and O–H groups in total. The molecule has 0 bridgehead atoms. The second kappa shape index (κ2) is 5.80. The van der Waals surface area contributed by atoms with Crippen molar-refractivity contribution in [1.82, 2.24) is 14.7 Å². The number of nitrogen functional groups attached to an aromatic ring is 1. The van der Waals surface area contributed by atoms with E-state index >= 15 is 0 Å². The summed E-state index contributed by atoms with van der Waals surface area (Å²) < 4.78 is 12.2. The van der Waals surface area contributed by atoms with Crippen LogP contribution in [0.5, 0.6) is 0 Å². The van der Waals surface area contributed by atoms with Gasteiger partial charge in [-0.15, -0.1) is 0 Å². The van der Waals surface area contributed by atoms with E-state index in [1.54, 1.807) is 30.8 Å². The normalized spacial score (nSPS) is 22.5. The molecule has 0 saturated carbocycles. The van der Waals surface area contributed by atoms with Crippen LogP contribution < -0.4 is 5.73 Å². The number of nitrogens with two attached hydrogens (primary N) is 1. The van der Waals surface area contributed by atoms with Crippen LogP contribution in [-0.4, -0.2) is 60.1 Å². The van der Waals surface area contributed by atoms with Crippen molar-refractivity contribution in [2.45, 2.75) is 25.6 Å². The number of rotatable bonds is 4. The average Bonchev–Trinajstić information content (AvgIpc) is 2.99. The number of aryl methyl sites for hydroxylation is 2. The van der Waals surface area contributed by atoms with Gasteiger partial charge in [-0.05, 0) is 6.42 Å². The molecule has 0 aliphatic carbocycles. The highest BCUT2D eigenvalue weighted by Crippen LogP contribution is 2.23. The zero-order chi connectivity index (χ0) is 14.9. The van der Waals surface area contributed by atoms with Crippen LogP contribution in [0.15, 0.2) is 0 Å². The summed E-state index contributed by atoms with van der Waals surface area (Å²) in [5.74, 6) is -0.126. The summed E-state index contributed by atoms with van der Waals surface area (Å²) in [6.45, 7) is 2.96. The minimum Gasteiger partial charge on any atom is -0.395 e. The predicted octanol–water partition coefficient (Wildman–Crippen LogP) is 0.0505. The lowest BCUT2D eigenvalue weighted by Crippen LogP contribution is -2.32. The predicted molar refractivity (Wildman–Crippen MR) is 74.5 cm³/mol. The quantitative estimate of drug-likeness (QED) is 0.844. The SMILES string of the molecule is CCc1nn(C)c(C(=O)N2CC(OC)C(OC)C2)c1N. The Morgan fingerprint density at radius 2 is 1.90 bits per heavy atom. The molecule has 1 amide bonds. The number of carbonyl (C=O) groups is 1. The van der Waals surface area contributed by atoms with E-state index in [4.69, 9.17) is 15.2 Å². The van der Waals surface area contributed by atoms with Gasteiger partial charge >= 0.3 is 0 Å². The number of anilines is 1. The first-order chi connectivity index (χ1) is 9.53. The number of aromatic nitrogens is 2. The van der Waals surface area contributed by atoms with Gasteiger partial charge in [0, 0.05) is 34.4 Å². The highest BCUT2D eigenvalue weighted by molar-refractivity contribution is 5.98. The van der Waals surface area contributed by atoms with Crippen LogP contribution in [0.25, 0.3) is 0 Å². The summed E-state index contributed by atoms with van der Waals surface area (Å²) >= 11 is 0. The summed E-state index contributed by atoms with van der Waals surface area (Å²) in [7, 11) is 4.98. The topological polar surface area (TPSA) is 82.6 Å². The summed E-state index contributed by atoms with van der Waals surface area (Å²) in [5.41, 5.74) is 7.68. The molecule has 7 nitrogen and oxygen atoms in total. The Morgan fingerprint density at radius 1 is 1.35 bits per heavy atom. The van der Waals surface area contributed by atoms with E-state index in [1.807, 2.05) is 6.92 Å². The van der Waals surface area contributed by atoms with Gasteiger partial charge in [-0.3, -0.25) is 9.48 Å². The Labute approximate surface area is 118 Å². The molecule has 1 fully saturated rings. The fourth-order valence-electron chi connectivity index (χ4n) is 2.62. The standard InChI is InChI=1S/C13H22N4O3/c1-5-8-11(14)12(16(2)15-8)13(18)17-6-9(19-3)10(7-17)20-4/h9-10H,5-7,14H2,1-4H3. The van der Waals surface area contributed by atoms with Crippen LogP contribution >= 0.6 is 0 Å². The second-order valence-corrected chi connectivity index (χ2v) is 4.94. The van der Waals surface area contributed by atoms with Crippen molar-refractivity contribution in [3.63, 3.8) is 0 Å². The fraction of sp³-hybridized carbons (Fsp3) is 0.692. The number of hydrogen-bond donors (Lipinski definition) is 1. The third kappa shape index (κ3) is 2.38. The molecule has 0 spiro atoms. The Bertz CT molecular complexity index is 488. The minimum atomic E-state index is -0.126. The largest absolute Gasteiger partial charge is 0.395 e. The molecule has 112 valence electrons. The van der Waals surface area contributed by atoms with E-state index in [9.17, 15) is 4.79 Å². The molecular weight excluding hydrogens is 260 g/mol. The lowest BCUT2D eigenvalue weighted by molar-refractivity contribution is -0.00461. The maximum absolute atomic E-state index is 12.6. The fourth-order valence-corrected chi connectivity index (χ4v) is 2.62. The van der Waals surface area contributed by atoms with E-state index in [0.29, 0.717) is 30.9 Å². The van der Waals surface area contributed by atoms with Crippen LogP contribution in [-0.2, 0) is 22.9 Å². The van der Waals surface area contributed by atoms with E-state index < -0.39 is 0 Å². The van der Waals surface area contributed by atoms with Gasteiger partial charge in [0.05, 0.1) is 11.4 Å². The lowest BCUT2D eigenvalue weighted by Gasteiger charge is -2.16. The molecule has 1 aromatic heterocycles. The molecule has 2 unspecified atom stereocenters. The van der Waals surface area contributed by atoms with Crippen LogP contribution in [0, 0.1) is 0 Å². The molecule has 1 aliphatic rings. The first kappa shape index (κ1) is 14.8. The highest BCUT2D eigenvalue weighted by atomic mass is 16.5. The van der Waals surface area contributed by atoms with Crippen LogP contribution in [0.2, 0.25) is 0 Å². The zero-order valence-electron chi connectivity index (χ0n) is 12.4. The maximum atomic E-state index is 12.6. The Hall–Kier alpha value is -1.60. The van der Waals surface area contributed by atoms with Gasteiger partial charge in [0.2, 0.25) is 0 Å². The number of hydrogen-bond acceptors (Lipinski definition) is 5. The third-order valence-corrected chi connectivity index (χ3v) is 3.81. The van der Waals surface area contributed by atoms with E-state index in [0.717, 1.165) is 5.69 Å².